The molecular formula is C20H21F3N2O2. The summed E-state index contributed by atoms with van der Waals surface area (Å²) in [5, 5.41) is 2.93. The van der Waals surface area contributed by atoms with Gasteiger partial charge in [-0.1, -0.05) is 29.8 Å². The van der Waals surface area contributed by atoms with Gasteiger partial charge in [0.05, 0.1) is 17.9 Å². The van der Waals surface area contributed by atoms with E-state index in [9.17, 15) is 18.0 Å². The number of aryl methyl sites for hydroxylation is 1. The Bertz CT molecular complexity index is 806. The number of benzene rings is 1. The van der Waals surface area contributed by atoms with Crippen molar-refractivity contribution in [3.63, 3.8) is 0 Å². The highest BCUT2D eigenvalue weighted by atomic mass is 19.4. The van der Waals surface area contributed by atoms with Gasteiger partial charge in [0.1, 0.15) is 5.75 Å². The molecule has 0 radical (unpaired) electrons. The Hall–Kier alpha value is -2.57. The highest BCUT2D eigenvalue weighted by Gasteiger charge is 2.44. The molecule has 144 valence electrons. The van der Waals surface area contributed by atoms with Crippen LogP contribution >= 0.6 is 0 Å². The minimum Gasteiger partial charge on any atom is -0.483 e. The van der Waals surface area contributed by atoms with Crippen molar-refractivity contribution in [3.8, 4) is 5.75 Å². The summed E-state index contributed by atoms with van der Waals surface area (Å²) in [6, 6.07) is 10.8. The molecule has 27 heavy (non-hydrogen) atoms. The van der Waals surface area contributed by atoms with Crippen LogP contribution in [0.4, 0.5) is 13.2 Å². The summed E-state index contributed by atoms with van der Waals surface area (Å²) in [4.78, 5) is 16.5. The van der Waals surface area contributed by atoms with E-state index in [-0.39, 0.29) is 29.5 Å². The third-order valence-electron chi connectivity index (χ3n) is 4.56. The van der Waals surface area contributed by atoms with Crippen LogP contribution in [-0.2, 0) is 4.79 Å². The number of aromatic nitrogens is 1. The predicted octanol–water partition coefficient (Wildman–Crippen LogP) is 4.31. The number of ether oxygens (including phenoxy) is 1. The molecule has 3 rings (SSSR count). The second kappa shape index (κ2) is 7.58. The van der Waals surface area contributed by atoms with Gasteiger partial charge in [0.15, 0.2) is 6.61 Å². The normalized spacial score (nSPS) is 20.0. The molecular weight excluding hydrogens is 357 g/mol. The van der Waals surface area contributed by atoms with Crippen molar-refractivity contribution in [2.75, 3.05) is 6.61 Å². The predicted molar refractivity (Wildman–Crippen MR) is 94.4 cm³/mol. The Morgan fingerprint density at radius 3 is 2.74 bits per heavy atom. The van der Waals surface area contributed by atoms with E-state index in [4.69, 9.17) is 0 Å². The lowest BCUT2D eigenvalue weighted by atomic mass is 10.1. The largest absolute Gasteiger partial charge is 0.483 e. The van der Waals surface area contributed by atoms with Crippen molar-refractivity contribution >= 4 is 5.91 Å². The maximum atomic E-state index is 12.4. The van der Waals surface area contributed by atoms with Crippen LogP contribution in [0.1, 0.15) is 42.1 Å². The maximum absolute atomic E-state index is 12.4. The SMILES string of the molecule is Cc1cccc(C2CC2C(=O)N[C@H](C)c2ccc(OCC(F)(F)F)cn2)c1. The molecule has 1 aliphatic rings. The van der Waals surface area contributed by atoms with Crippen LogP contribution in [0.15, 0.2) is 42.6 Å². The number of nitrogens with one attached hydrogen (secondary N) is 1. The van der Waals surface area contributed by atoms with E-state index in [1.807, 2.05) is 25.1 Å². The fourth-order valence-corrected chi connectivity index (χ4v) is 3.05. The Morgan fingerprint density at radius 2 is 2.11 bits per heavy atom. The third-order valence-corrected chi connectivity index (χ3v) is 4.56. The lowest BCUT2D eigenvalue weighted by Crippen LogP contribution is -2.29. The van der Waals surface area contributed by atoms with Gasteiger partial charge in [-0.05, 0) is 43.9 Å². The highest BCUT2D eigenvalue weighted by Crippen LogP contribution is 2.47. The van der Waals surface area contributed by atoms with Crippen molar-refractivity contribution in [1.29, 1.82) is 0 Å². The summed E-state index contributed by atoms with van der Waals surface area (Å²) in [6.07, 6.45) is -2.34. The van der Waals surface area contributed by atoms with E-state index >= 15 is 0 Å². The Labute approximate surface area is 155 Å². The monoisotopic (exact) mass is 378 g/mol. The first-order chi connectivity index (χ1) is 12.7. The molecule has 1 amide bonds. The van der Waals surface area contributed by atoms with Gasteiger partial charge < -0.3 is 10.1 Å². The van der Waals surface area contributed by atoms with Crippen molar-refractivity contribution in [2.45, 2.75) is 38.4 Å². The molecule has 1 aromatic carbocycles. The average molecular weight is 378 g/mol. The number of alkyl halides is 3. The van der Waals surface area contributed by atoms with Crippen LogP contribution in [0.25, 0.3) is 0 Å². The fourth-order valence-electron chi connectivity index (χ4n) is 3.05. The zero-order valence-electron chi connectivity index (χ0n) is 15.1. The molecule has 1 aromatic heterocycles. The molecule has 0 saturated heterocycles. The van der Waals surface area contributed by atoms with Crippen LogP contribution in [0.2, 0.25) is 0 Å². The Morgan fingerprint density at radius 1 is 1.33 bits per heavy atom. The van der Waals surface area contributed by atoms with Gasteiger partial charge in [-0.25, -0.2) is 0 Å². The first-order valence-electron chi connectivity index (χ1n) is 8.75. The first-order valence-corrected chi connectivity index (χ1v) is 8.75. The van der Waals surface area contributed by atoms with Gasteiger partial charge >= 0.3 is 6.18 Å². The summed E-state index contributed by atoms with van der Waals surface area (Å²) >= 11 is 0. The minimum atomic E-state index is -4.39. The fraction of sp³-hybridized carbons (Fsp3) is 0.400. The van der Waals surface area contributed by atoms with Crippen LogP contribution < -0.4 is 10.1 Å². The number of rotatable bonds is 6. The number of amides is 1. The average Bonchev–Trinajstić information content (AvgIpc) is 3.41. The highest BCUT2D eigenvalue weighted by molar-refractivity contribution is 5.83. The Balaban J connectivity index is 1.53. The topological polar surface area (TPSA) is 51.2 Å². The standard InChI is InChI=1S/C20H21F3N2O2/c1-12-4-3-5-14(8-12)16-9-17(16)19(26)25-13(2)18-7-6-15(10-24-18)27-11-20(21,22)23/h3-8,10,13,16-17H,9,11H2,1-2H3,(H,25,26)/t13-,16?,17?/m1/s1. The molecule has 2 aromatic rings. The lowest BCUT2D eigenvalue weighted by molar-refractivity contribution is -0.153. The maximum Gasteiger partial charge on any atom is 0.422 e. The summed E-state index contributed by atoms with van der Waals surface area (Å²) in [6.45, 7) is 2.46. The van der Waals surface area contributed by atoms with Crippen LogP contribution in [-0.4, -0.2) is 23.7 Å². The van der Waals surface area contributed by atoms with E-state index in [1.165, 1.54) is 23.4 Å². The molecule has 7 heteroatoms. The van der Waals surface area contributed by atoms with Crippen molar-refractivity contribution in [3.05, 3.63) is 59.4 Å². The van der Waals surface area contributed by atoms with Crippen molar-refractivity contribution < 1.29 is 22.7 Å². The summed E-state index contributed by atoms with van der Waals surface area (Å²) in [5.74, 6) is 0.191. The van der Waals surface area contributed by atoms with E-state index in [2.05, 4.69) is 21.1 Å². The molecule has 0 bridgehead atoms. The zero-order chi connectivity index (χ0) is 19.6. The van der Waals surface area contributed by atoms with E-state index in [0.717, 1.165) is 6.42 Å². The van der Waals surface area contributed by atoms with Gasteiger partial charge in [0, 0.05) is 5.92 Å². The van der Waals surface area contributed by atoms with Crippen LogP contribution in [0.3, 0.4) is 0 Å². The summed E-state index contributed by atoms with van der Waals surface area (Å²) < 4.78 is 41.1. The quantitative estimate of drug-likeness (QED) is 0.815. The smallest absolute Gasteiger partial charge is 0.422 e. The lowest BCUT2D eigenvalue weighted by Gasteiger charge is -2.14. The zero-order valence-corrected chi connectivity index (χ0v) is 15.1. The number of carbonyl (C=O) groups excluding carboxylic acids is 1. The van der Waals surface area contributed by atoms with Crippen LogP contribution in [0, 0.1) is 12.8 Å². The van der Waals surface area contributed by atoms with Gasteiger partial charge in [-0.3, -0.25) is 9.78 Å². The number of halogens is 3. The number of hydrogen-bond acceptors (Lipinski definition) is 3. The molecule has 1 aliphatic carbocycles. The van der Waals surface area contributed by atoms with Gasteiger partial charge in [0.25, 0.3) is 0 Å². The van der Waals surface area contributed by atoms with E-state index < -0.39 is 12.8 Å². The minimum absolute atomic E-state index is 0.0341. The molecule has 4 nitrogen and oxygen atoms in total. The molecule has 3 atom stereocenters. The second-order valence-corrected chi connectivity index (χ2v) is 6.92. The summed E-state index contributed by atoms with van der Waals surface area (Å²) in [7, 11) is 0. The second-order valence-electron chi connectivity index (χ2n) is 6.92. The van der Waals surface area contributed by atoms with E-state index in [1.54, 1.807) is 13.0 Å². The molecule has 2 unspecified atom stereocenters. The number of hydrogen-bond donors (Lipinski definition) is 1. The number of carbonyl (C=O) groups is 1. The molecule has 0 aliphatic heterocycles. The van der Waals surface area contributed by atoms with Crippen LogP contribution in [0.5, 0.6) is 5.75 Å². The number of pyridine rings is 1. The van der Waals surface area contributed by atoms with Crippen molar-refractivity contribution in [1.82, 2.24) is 10.3 Å². The van der Waals surface area contributed by atoms with Gasteiger partial charge in [-0.2, -0.15) is 13.2 Å². The Kier molecular flexibility index (Phi) is 5.39. The third kappa shape index (κ3) is 5.21. The summed E-state index contributed by atoms with van der Waals surface area (Å²) in [5.41, 5.74) is 2.91. The number of nitrogens with zero attached hydrogens (tertiary/aromatic N) is 1. The molecule has 1 heterocycles. The van der Waals surface area contributed by atoms with Gasteiger partial charge in [0.2, 0.25) is 5.91 Å². The molecule has 1 saturated carbocycles. The molecule has 1 N–H and O–H groups in total. The van der Waals surface area contributed by atoms with Gasteiger partial charge in [-0.15, -0.1) is 0 Å². The van der Waals surface area contributed by atoms with E-state index in [0.29, 0.717) is 5.69 Å². The van der Waals surface area contributed by atoms with Crippen molar-refractivity contribution in [2.24, 2.45) is 5.92 Å². The molecule has 1 fully saturated rings. The first kappa shape index (κ1) is 19.2. The molecule has 0 spiro atoms.